The molecule has 0 bridgehead atoms. The predicted molar refractivity (Wildman–Crippen MR) is 138 cm³/mol. The zero-order valence-electron chi connectivity index (χ0n) is 19.3. The number of hydrogen-bond acceptors (Lipinski definition) is 9. The molecule has 0 amide bonds. The number of phenols is 1. The Morgan fingerprint density at radius 1 is 0.658 bits per heavy atom. The summed E-state index contributed by atoms with van der Waals surface area (Å²) in [5, 5.41) is 10.3. The predicted octanol–water partition coefficient (Wildman–Crippen LogP) is 4.70. The smallest absolute Gasteiger partial charge is 0.339 e. The van der Waals surface area contributed by atoms with Gasteiger partial charge >= 0.3 is 20.2 Å². The highest BCUT2D eigenvalue weighted by Crippen LogP contribution is 2.32. The van der Waals surface area contributed by atoms with Crippen LogP contribution in [0.5, 0.6) is 17.2 Å². The molecule has 1 aromatic heterocycles. The Morgan fingerprint density at radius 2 is 1.18 bits per heavy atom. The van der Waals surface area contributed by atoms with Crippen molar-refractivity contribution in [2.24, 2.45) is 0 Å². The van der Waals surface area contributed by atoms with Gasteiger partial charge in [0, 0.05) is 12.1 Å². The maximum absolute atomic E-state index is 13.2. The highest BCUT2D eigenvalue weighted by molar-refractivity contribution is 7.87. The van der Waals surface area contributed by atoms with Crippen molar-refractivity contribution in [1.82, 2.24) is 0 Å². The molecule has 0 aliphatic heterocycles. The molecule has 0 aliphatic carbocycles. The second kappa shape index (κ2) is 9.69. The van der Waals surface area contributed by atoms with Crippen LogP contribution in [0.15, 0.2) is 122 Å². The molecule has 0 atom stereocenters. The first-order valence-electron chi connectivity index (χ1n) is 11.0. The van der Waals surface area contributed by atoms with Crippen molar-refractivity contribution >= 4 is 31.2 Å². The van der Waals surface area contributed by atoms with Crippen LogP contribution in [0.25, 0.3) is 22.1 Å². The fourth-order valence-electron chi connectivity index (χ4n) is 3.67. The SMILES string of the molecule is O=c1c(-c2ccc(OS(=O)(=O)c3ccccc3)cc2)coc2cc(OS(=O)(=O)c3ccccc3)cc(O)c12. The Kier molecular flexibility index (Phi) is 6.39. The normalized spacial score (nSPS) is 11.8. The van der Waals surface area contributed by atoms with Crippen LogP contribution in [-0.2, 0) is 20.2 Å². The summed E-state index contributed by atoms with van der Waals surface area (Å²) in [6.45, 7) is 0. The molecule has 0 saturated heterocycles. The number of rotatable bonds is 7. The van der Waals surface area contributed by atoms with Crippen molar-refractivity contribution in [3.05, 3.63) is 114 Å². The number of phenolic OH excluding ortho intramolecular Hbond substituents is 1. The van der Waals surface area contributed by atoms with E-state index in [2.05, 4.69) is 0 Å². The number of aromatic hydroxyl groups is 1. The van der Waals surface area contributed by atoms with E-state index in [1.54, 1.807) is 24.3 Å². The molecule has 0 saturated carbocycles. The summed E-state index contributed by atoms with van der Waals surface area (Å²) in [6.07, 6.45) is 1.15. The van der Waals surface area contributed by atoms with Crippen molar-refractivity contribution < 1.29 is 34.7 Å². The van der Waals surface area contributed by atoms with Gasteiger partial charge in [0.1, 0.15) is 44.3 Å². The molecule has 11 heteroatoms. The molecule has 0 fully saturated rings. The van der Waals surface area contributed by atoms with Gasteiger partial charge in [-0.25, -0.2) is 0 Å². The van der Waals surface area contributed by atoms with Crippen molar-refractivity contribution in [3.8, 4) is 28.4 Å². The Balaban J connectivity index is 1.43. The van der Waals surface area contributed by atoms with E-state index in [1.165, 1.54) is 66.7 Å². The summed E-state index contributed by atoms with van der Waals surface area (Å²) in [7, 11) is -8.22. The van der Waals surface area contributed by atoms with Gasteiger partial charge in [0.15, 0.2) is 0 Å². The van der Waals surface area contributed by atoms with Crippen LogP contribution in [0.3, 0.4) is 0 Å². The molecule has 1 N–H and O–H groups in total. The van der Waals surface area contributed by atoms with Crippen molar-refractivity contribution in [3.63, 3.8) is 0 Å². The minimum atomic E-state index is -4.18. The average Bonchev–Trinajstić information content (AvgIpc) is 2.90. The van der Waals surface area contributed by atoms with E-state index in [-0.39, 0.29) is 37.8 Å². The molecule has 0 unspecified atom stereocenters. The van der Waals surface area contributed by atoms with Crippen LogP contribution < -0.4 is 13.8 Å². The largest absolute Gasteiger partial charge is 0.507 e. The monoisotopic (exact) mass is 550 g/mol. The number of benzene rings is 4. The van der Waals surface area contributed by atoms with Gasteiger partial charge in [-0.05, 0) is 42.0 Å². The third-order valence-electron chi connectivity index (χ3n) is 5.47. The summed E-state index contributed by atoms with van der Waals surface area (Å²) < 4.78 is 65.6. The van der Waals surface area contributed by atoms with E-state index >= 15 is 0 Å². The quantitative estimate of drug-likeness (QED) is 0.286. The summed E-state index contributed by atoms with van der Waals surface area (Å²) in [5.74, 6) is -0.742. The maximum atomic E-state index is 13.2. The number of fused-ring (bicyclic) bond motifs is 1. The van der Waals surface area contributed by atoms with Gasteiger partial charge in [-0.2, -0.15) is 16.8 Å². The molecular weight excluding hydrogens is 532 g/mol. The van der Waals surface area contributed by atoms with E-state index in [0.29, 0.717) is 5.56 Å². The molecule has 38 heavy (non-hydrogen) atoms. The summed E-state index contributed by atoms with van der Waals surface area (Å²) >= 11 is 0. The second-order valence-corrected chi connectivity index (χ2v) is 11.1. The lowest BCUT2D eigenvalue weighted by Gasteiger charge is -2.10. The molecule has 0 spiro atoms. The summed E-state index contributed by atoms with van der Waals surface area (Å²) in [5.41, 5.74) is -0.231. The first-order valence-corrected chi connectivity index (χ1v) is 13.8. The van der Waals surface area contributed by atoms with E-state index in [4.69, 9.17) is 12.8 Å². The lowest BCUT2D eigenvalue weighted by molar-refractivity contribution is 0.465. The summed E-state index contributed by atoms with van der Waals surface area (Å²) in [4.78, 5) is 13.1. The maximum Gasteiger partial charge on any atom is 0.339 e. The lowest BCUT2D eigenvalue weighted by Crippen LogP contribution is -2.10. The molecule has 192 valence electrons. The topological polar surface area (TPSA) is 137 Å². The Bertz CT molecular complexity index is 1900. The fourth-order valence-corrected chi connectivity index (χ4v) is 5.56. The third kappa shape index (κ3) is 4.97. The molecule has 5 aromatic rings. The van der Waals surface area contributed by atoms with Crippen LogP contribution in [0.2, 0.25) is 0 Å². The Morgan fingerprint density at radius 3 is 1.74 bits per heavy atom. The third-order valence-corrected chi connectivity index (χ3v) is 7.99. The van der Waals surface area contributed by atoms with Crippen LogP contribution in [0.4, 0.5) is 0 Å². The molecule has 5 rings (SSSR count). The molecular formula is C27H18O9S2. The first kappa shape index (κ1) is 25.1. The molecule has 0 radical (unpaired) electrons. The molecule has 0 aliphatic rings. The van der Waals surface area contributed by atoms with Gasteiger partial charge in [-0.15, -0.1) is 0 Å². The van der Waals surface area contributed by atoms with Crippen molar-refractivity contribution in [2.75, 3.05) is 0 Å². The highest BCUT2D eigenvalue weighted by Gasteiger charge is 2.20. The van der Waals surface area contributed by atoms with E-state index in [1.807, 2.05) is 0 Å². The minimum Gasteiger partial charge on any atom is -0.507 e. The van der Waals surface area contributed by atoms with E-state index in [9.17, 15) is 26.7 Å². The van der Waals surface area contributed by atoms with Gasteiger partial charge in [-0.1, -0.05) is 48.5 Å². The van der Waals surface area contributed by atoms with Gasteiger partial charge in [-0.3, -0.25) is 4.79 Å². The zero-order chi connectivity index (χ0) is 26.9. The van der Waals surface area contributed by atoms with Crippen LogP contribution in [0.1, 0.15) is 0 Å². The van der Waals surface area contributed by atoms with Crippen LogP contribution in [0, 0.1) is 0 Å². The second-order valence-electron chi connectivity index (χ2n) is 8.02. The molecule has 1 heterocycles. The van der Waals surface area contributed by atoms with Crippen LogP contribution >= 0.6 is 0 Å². The van der Waals surface area contributed by atoms with Gasteiger partial charge < -0.3 is 17.9 Å². The average molecular weight is 551 g/mol. The standard InChI is InChI=1S/C27H18O9S2/c28-24-15-20(36-38(32,33)22-9-5-2-6-10-22)16-25-26(24)27(29)23(17-34-25)18-11-13-19(14-12-18)35-37(30,31)21-7-3-1-4-8-21/h1-17,28H. The van der Waals surface area contributed by atoms with E-state index < -0.39 is 31.4 Å². The summed E-state index contributed by atoms with van der Waals surface area (Å²) in [6, 6.07) is 23.0. The van der Waals surface area contributed by atoms with Gasteiger partial charge in [0.05, 0.1) is 5.56 Å². The Hall–Kier alpha value is -4.61. The van der Waals surface area contributed by atoms with Gasteiger partial charge in [0.25, 0.3) is 0 Å². The van der Waals surface area contributed by atoms with Crippen molar-refractivity contribution in [2.45, 2.75) is 9.79 Å². The molecule has 9 nitrogen and oxygen atoms in total. The fraction of sp³-hybridized carbons (Fsp3) is 0. The zero-order valence-corrected chi connectivity index (χ0v) is 21.0. The van der Waals surface area contributed by atoms with Crippen LogP contribution in [-0.4, -0.2) is 21.9 Å². The lowest BCUT2D eigenvalue weighted by atomic mass is 10.0. The Labute approximate surface area is 217 Å². The minimum absolute atomic E-state index is 0.00496. The highest BCUT2D eigenvalue weighted by atomic mass is 32.2. The van der Waals surface area contributed by atoms with Gasteiger partial charge in [0.2, 0.25) is 5.43 Å². The molecule has 4 aromatic carbocycles. The first-order chi connectivity index (χ1) is 18.1. The van der Waals surface area contributed by atoms with Crippen molar-refractivity contribution in [1.29, 1.82) is 0 Å². The van der Waals surface area contributed by atoms with E-state index in [0.717, 1.165) is 12.3 Å². The number of hydrogen-bond donors (Lipinski definition) is 1.